The molecule has 6 heteroatoms. The van der Waals surface area contributed by atoms with Crippen LogP contribution in [0.2, 0.25) is 0 Å². The minimum absolute atomic E-state index is 0.258. The van der Waals surface area contributed by atoms with Crippen LogP contribution in [0.5, 0.6) is 11.5 Å². The highest BCUT2D eigenvalue weighted by Gasteiger charge is 2.11. The number of ketones is 1. The topological polar surface area (TPSA) is 61.8 Å². The average Bonchev–Trinajstić information content (AvgIpc) is 2.70. The number of benzene rings is 3. The Bertz CT molecular complexity index is 966. The molecule has 0 N–H and O–H groups in total. The van der Waals surface area contributed by atoms with Crippen LogP contribution in [-0.2, 0) is 9.53 Å². The van der Waals surface area contributed by atoms with Crippen LogP contribution < -0.4 is 9.47 Å². The van der Waals surface area contributed by atoms with Gasteiger partial charge in [0.2, 0.25) is 0 Å². The summed E-state index contributed by atoms with van der Waals surface area (Å²) >= 11 is 3.32. The maximum atomic E-state index is 12.3. The van der Waals surface area contributed by atoms with Crippen molar-refractivity contribution in [2.24, 2.45) is 0 Å². The zero-order valence-electron chi connectivity index (χ0n) is 14.6. The molecule has 138 valence electrons. The van der Waals surface area contributed by atoms with Gasteiger partial charge < -0.3 is 14.2 Å². The predicted molar refractivity (Wildman–Crippen MR) is 105 cm³/mol. The van der Waals surface area contributed by atoms with Crippen LogP contribution in [0, 0.1) is 0 Å². The molecule has 0 heterocycles. The van der Waals surface area contributed by atoms with E-state index >= 15 is 0 Å². The van der Waals surface area contributed by atoms with E-state index in [2.05, 4.69) is 15.9 Å². The second-order valence-corrected chi connectivity index (χ2v) is 6.67. The molecular weight excluding hydrogens is 412 g/mol. The molecule has 3 aromatic rings. The standard InChI is InChI=1S/C21H17BrO5/c1-25-19-7-4-14-10-16(3-2-15(14)11-19)20(23)12-27-21(24)13-26-18-8-5-17(22)6-9-18/h2-11H,12-13H2,1H3. The van der Waals surface area contributed by atoms with E-state index in [1.807, 2.05) is 24.3 Å². The molecule has 0 aliphatic heterocycles. The van der Waals surface area contributed by atoms with Crippen LogP contribution in [0.3, 0.4) is 0 Å². The molecular formula is C21H17BrO5. The van der Waals surface area contributed by atoms with E-state index in [4.69, 9.17) is 14.2 Å². The average molecular weight is 429 g/mol. The van der Waals surface area contributed by atoms with Crippen LogP contribution in [0.15, 0.2) is 65.1 Å². The number of carbonyl (C=O) groups is 2. The zero-order valence-corrected chi connectivity index (χ0v) is 16.2. The molecule has 0 aromatic heterocycles. The second-order valence-electron chi connectivity index (χ2n) is 5.75. The van der Waals surface area contributed by atoms with E-state index in [9.17, 15) is 9.59 Å². The molecule has 0 fully saturated rings. The van der Waals surface area contributed by atoms with Gasteiger partial charge in [-0.2, -0.15) is 0 Å². The van der Waals surface area contributed by atoms with Gasteiger partial charge in [0.1, 0.15) is 11.5 Å². The Morgan fingerprint density at radius 2 is 1.52 bits per heavy atom. The van der Waals surface area contributed by atoms with Gasteiger partial charge in [-0.25, -0.2) is 4.79 Å². The van der Waals surface area contributed by atoms with E-state index in [1.165, 1.54) is 0 Å². The van der Waals surface area contributed by atoms with E-state index in [0.717, 1.165) is 21.0 Å². The lowest BCUT2D eigenvalue weighted by Crippen LogP contribution is -2.19. The molecule has 0 saturated carbocycles. The zero-order chi connectivity index (χ0) is 19.2. The fourth-order valence-electron chi connectivity index (χ4n) is 2.47. The highest BCUT2D eigenvalue weighted by molar-refractivity contribution is 9.10. The van der Waals surface area contributed by atoms with Crippen molar-refractivity contribution in [2.45, 2.75) is 0 Å². The van der Waals surface area contributed by atoms with Crippen molar-refractivity contribution in [1.82, 2.24) is 0 Å². The summed E-state index contributed by atoms with van der Waals surface area (Å²) in [7, 11) is 1.61. The third kappa shape index (κ3) is 5.08. The first-order chi connectivity index (χ1) is 13.0. The molecule has 0 aliphatic carbocycles. The number of halogens is 1. The highest BCUT2D eigenvalue weighted by Crippen LogP contribution is 2.22. The molecule has 5 nitrogen and oxygen atoms in total. The highest BCUT2D eigenvalue weighted by atomic mass is 79.9. The number of rotatable bonds is 7. The Balaban J connectivity index is 1.54. The first kappa shape index (κ1) is 18.9. The van der Waals surface area contributed by atoms with Crippen molar-refractivity contribution in [2.75, 3.05) is 20.3 Å². The molecule has 0 bridgehead atoms. The smallest absolute Gasteiger partial charge is 0.344 e. The Hall–Kier alpha value is -2.86. The SMILES string of the molecule is COc1ccc2cc(C(=O)COC(=O)COc3ccc(Br)cc3)ccc2c1. The van der Waals surface area contributed by atoms with Crippen LogP contribution in [0.25, 0.3) is 10.8 Å². The van der Waals surface area contributed by atoms with Crippen molar-refractivity contribution >= 4 is 38.5 Å². The van der Waals surface area contributed by atoms with Gasteiger partial charge in [0, 0.05) is 10.0 Å². The number of hydrogen-bond donors (Lipinski definition) is 0. The third-order valence-electron chi connectivity index (χ3n) is 3.90. The van der Waals surface area contributed by atoms with Gasteiger partial charge in [-0.15, -0.1) is 0 Å². The summed E-state index contributed by atoms with van der Waals surface area (Å²) in [5, 5.41) is 1.87. The summed E-state index contributed by atoms with van der Waals surface area (Å²) in [6.07, 6.45) is 0. The van der Waals surface area contributed by atoms with Crippen LogP contribution in [0.1, 0.15) is 10.4 Å². The molecule has 0 radical (unpaired) electrons. The molecule has 0 aliphatic rings. The van der Waals surface area contributed by atoms with Gasteiger partial charge in [0.15, 0.2) is 19.0 Å². The van der Waals surface area contributed by atoms with E-state index < -0.39 is 5.97 Å². The van der Waals surface area contributed by atoms with Gasteiger partial charge in [-0.05, 0) is 53.2 Å². The van der Waals surface area contributed by atoms with Gasteiger partial charge in [0.05, 0.1) is 7.11 Å². The summed E-state index contributed by atoms with van der Waals surface area (Å²) in [5.74, 6) is 0.425. The van der Waals surface area contributed by atoms with Crippen LogP contribution in [-0.4, -0.2) is 32.1 Å². The number of Topliss-reactive ketones (excluding diaryl/α,β-unsaturated/α-hetero) is 1. The Morgan fingerprint density at radius 3 is 2.26 bits per heavy atom. The number of esters is 1. The maximum Gasteiger partial charge on any atom is 0.344 e. The Labute approximate surface area is 165 Å². The van der Waals surface area contributed by atoms with E-state index in [-0.39, 0.29) is 19.0 Å². The Morgan fingerprint density at radius 1 is 0.852 bits per heavy atom. The van der Waals surface area contributed by atoms with E-state index in [0.29, 0.717) is 11.3 Å². The lowest BCUT2D eigenvalue weighted by Gasteiger charge is -2.08. The molecule has 0 amide bonds. The van der Waals surface area contributed by atoms with E-state index in [1.54, 1.807) is 43.5 Å². The van der Waals surface area contributed by atoms with Crippen LogP contribution >= 0.6 is 15.9 Å². The predicted octanol–water partition coefficient (Wildman–Crippen LogP) is 4.42. The first-order valence-corrected chi connectivity index (χ1v) is 8.99. The summed E-state index contributed by atoms with van der Waals surface area (Å²) < 4.78 is 16.4. The maximum absolute atomic E-state index is 12.3. The quantitative estimate of drug-likeness (QED) is 0.411. The molecule has 0 unspecified atom stereocenters. The summed E-state index contributed by atoms with van der Waals surface area (Å²) in [4.78, 5) is 24.1. The first-order valence-electron chi connectivity index (χ1n) is 8.20. The van der Waals surface area contributed by atoms with Crippen LogP contribution in [0.4, 0.5) is 0 Å². The summed E-state index contributed by atoms with van der Waals surface area (Å²) in [6.45, 7) is -0.587. The van der Waals surface area contributed by atoms with Gasteiger partial charge in [-0.3, -0.25) is 4.79 Å². The molecule has 3 rings (SSSR count). The Kier molecular flexibility index (Phi) is 6.08. The molecule has 0 spiro atoms. The fraction of sp³-hybridized carbons (Fsp3) is 0.143. The van der Waals surface area contributed by atoms with Crippen molar-refractivity contribution in [1.29, 1.82) is 0 Å². The van der Waals surface area contributed by atoms with Gasteiger partial charge >= 0.3 is 5.97 Å². The number of hydrogen-bond acceptors (Lipinski definition) is 5. The van der Waals surface area contributed by atoms with Gasteiger partial charge in [-0.1, -0.05) is 34.1 Å². The normalized spacial score (nSPS) is 10.4. The van der Waals surface area contributed by atoms with Gasteiger partial charge in [0.25, 0.3) is 0 Å². The largest absolute Gasteiger partial charge is 0.497 e. The number of ether oxygens (including phenoxy) is 3. The number of fused-ring (bicyclic) bond motifs is 1. The molecule has 0 saturated heterocycles. The van der Waals surface area contributed by atoms with Crippen molar-refractivity contribution in [3.8, 4) is 11.5 Å². The third-order valence-corrected chi connectivity index (χ3v) is 4.43. The van der Waals surface area contributed by atoms with Crippen molar-refractivity contribution in [3.05, 3.63) is 70.7 Å². The minimum atomic E-state index is -0.600. The lowest BCUT2D eigenvalue weighted by atomic mass is 10.0. The van der Waals surface area contributed by atoms with Crippen molar-refractivity contribution in [3.63, 3.8) is 0 Å². The summed E-state index contributed by atoms with van der Waals surface area (Å²) in [6, 6.07) is 18.0. The lowest BCUT2D eigenvalue weighted by molar-refractivity contribution is -0.144. The second kappa shape index (κ2) is 8.68. The number of methoxy groups -OCH3 is 1. The van der Waals surface area contributed by atoms with Crippen molar-refractivity contribution < 1.29 is 23.8 Å². The molecule has 27 heavy (non-hydrogen) atoms. The fourth-order valence-corrected chi connectivity index (χ4v) is 2.73. The number of carbonyl (C=O) groups excluding carboxylic acids is 2. The summed E-state index contributed by atoms with van der Waals surface area (Å²) in [5.41, 5.74) is 0.481. The molecule has 3 aromatic carbocycles. The minimum Gasteiger partial charge on any atom is -0.497 e. The monoisotopic (exact) mass is 428 g/mol. The molecule has 0 atom stereocenters.